The highest BCUT2D eigenvalue weighted by Gasteiger charge is 2.09. The molecule has 124 valence electrons. The molecule has 0 unspecified atom stereocenters. The minimum Gasteiger partial charge on any atom is -0.326 e. The fourth-order valence-electron chi connectivity index (χ4n) is 2.17. The lowest BCUT2D eigenvalue weighted by molar-refractivity contribution is -0.115. The first kappa shape index (κ1) is 17.3. The van der Waals surface area contributed by atoms with E-state index in [1.165, 1.54) is 4.90 Å². The van der Waals surface area contributed by atoms with Crippen molar-refractivity contribution in [2.75, 3.05) is 24.2 Å². The van der Waals surface area contributed by atoms with E-state index in [9.17, 15) is 9.59 Å². The second kappa shape index (κ2) is 8.53. The molecule has 3 amide bonds. The molecule has 24 heavy (non-hydrogen) atoms. The van der Waals surface area contributed by atoms with E-state index in [-0.39, 0.29) is 18.4 Å². The van der Waals surface area contributed by atoms with Gasteiger partial charge in [-0.1, -0.05) is 36.4 Å². The van der Waals surface area contributed by atoms with Gasteiger partial charge in [-0.25, -0.2) is 4.79 Å². The summed E-state index contributed by atoms with van der Waals surface area (Å²) in [5, 5.41) is 5.64. The number of carbonyl (C=O) groups excluding carboxylic acids is 2. The van der Waals surface area contributed by atoms with Gasteiger partial charge in [-0.15, -0.1) is 6.58 Å². The number of nitrogens with one attached hydrogen (secondary N) is 2. The molecule has 2 aromatic carbocycles. The number of likely N-dealkylation sites (N-methyl/N-ethyl adjacent to an activating group) is 1. The van der Waals surface area contributed by atoms with Gasteiger partial charge in [-0.3, -0.25) is 4.79 Å². The summed E-state index contributed by atoms with van der Waals surface area (Å²) in [5.41, 5.74) is 2.24. The number of hydrogen-bond donors (Lipinski definition) is 2. The Morgan fingerprint density at radius 1 is 1.04 bits per heavy atom. The van der Waals surface area contributed by atoms with Crippen molar-refractivity contribution in [2.45, 2.75) is 6.42 Å². The molecule has 2 N–H and O–H groups in total. The minimum absolute atomic E-state index is 0.103. The Morgan fingerprint density at radius 3 is 2.46 bits per heavy atom. The van der Waals surface area contributed by atoms with E-state index in [4.69, 9.17) is 0 Å². The number of hydrogen-bond acceptors (Lipinski definition) is 2. The first-order chi connectivity index (χ1) is 11.6. The second-order valence-corrected chi connectivity index (χ2v) is 5.39. The maximum absolute atomic E-state index is 12.1. The number of anilines is 2. The molecule has 2 aromatic rings. The van der Waals surface area contributed by atoms with Crippen LogP contribution in [0.5, 0.6) is 0 Å². The number of amides is 3. The average Bonchev–Trinajstić information content (AvgIpc) is 2.56. The number of benzene rings is 2. The molecule has 0 aliphatic heterocycles. The number of para-hydroxylation sites is 1. The topological polar surface area (TPSA) is 61.4 Å². The predicted molar refractivity (Wildman–Crippen MR) is 97.1 cm³/mol. The lowest BCUT2D eigenvalue weighted by Gasteiger charge is -2.16. The van der Waals surface area contributed by atoms with Crippen LogP contribution in [0.2, 0.25) is 0 Å². The first-order valence-electron chi connectivity index (χ1n) is 7.65. The Hall–Kier alpha value is -3.08. The molecule has 0 aliphatic carbocycles. The second-order valence-electron chi connectivity index (χ2n) is 5.39. The van der Waals surface area contributed by atoms with Crippen LogP contribution in [0.15, 0.2) is 67.3 Å². The van der Waals surface area contributed by atoms with Crippen molar-refractivity contribution in [3.05, 3.63) is 72.8 Å². The largest absolute Gasteiger partial charge is 0.326 e. The van der Waals surface area contributed by atoms with Crippen LogP contribution in [-0.2, 0) is 11.2 Å². The van der Waals surface area contributed by atoms with Gasteiger partial charge in [-0.05, 0) is 29.8 Å². The SMILES string of the molecule is C=CCN(C)C(=O)Nc1cccc(CC(=O)Nc2ccccc2)c1. The zero-order valence-electron chi connectivity index (χ0n) is 13.7. The quantitative estimate of drug-likeness (QED) is 0.799. The van der Waals surface area contributed by atoms with Crippen molar-refractivity contribution in [3.63, 3.8) is 0 Å². The van der Waals surface area contributed by atoms with Gasteiger partial charge < -0.3 is 15.5 Å². The van der Waals surface area contributed by atoms with Gasteiger partial charge in [-0.2, -0.15) is 0 Å². The van der Waals surface area contributed by atoms with Gasteiger partial charge in [0.15, 0.2) is 0 Å². The summed E-state index contributed by atoms with van der Waals surface area (Å²) in [6.07, 6.45) is 1.89. The highest BCUT2D eigenvalue weighted by Crippen LogP contribution is 2.13. The molecule has 0 radical (unpaired) electrons. The van der Waals surface area contributed by atoms with E-state index in [0.717, 1.165) is 11.3 Å². The standard InChI is InChI=1S/C19H21N3O2/c1-3-12-22(2)19(24)21-17-11-7-8-15(13-17)14-18(23)20-16-9-5-4-6-10-16/h3-11,13H,1,12,14H2,2H3,(H,20,23)(H,21,24). The van der Waals surface area contributed by atoms with E-state index < -0.39 is 0 Å². The van der Waals surface area contributed by atoms with E-state index >= 15 is 0 Å². The van der Waals surface area contributed by atoms with Crippen molar-refractivity contribution < 1.29 is 9.59 Å². The van der Waals surface area contributed by atoms with E-state index in [1.54, 1.807) is 25.3 Å². The molecule has 0 spiro atoms. The number of urea groups is 1. The summed E-state index contributed by atoms with van der Waals surface area (Å²) in [6, 6.07) is 16.3. The molecule has 0 atom stereocenters. The van der Waals surface area contributed by atoms with E-state index in [2.05, 4.69) is 17.2 Å². The Kier molecular flexibility index (Phi) is 6.14. The number of nitrogens with zero attached hydrogens (tertiary/aromatic N) is 1. The van der Waals surface area contributed by atoms with Crippen LogP contribution in [0, 0.1) is 0 Å². The van der Waals surface area contributed by atoms with Crippen molar-refractivity contribution in [3.8, 4) is 0 Å². The van der Waals surface area contributed by atoms with Gasteiger partial charge in [0, 0.05) is 25.0 Å². The van der Waals surface area contributed by atoms with Crippen LogP contribution in [0.25, 0.3) is 0 Å². The van der Waals surface area contributed by atoms with Crippen molar-refractivity contribution >= 4 is 23.3 Å². The highest BCUT2D eigenvalue weighted by atomic mass is 16.2. The Balaban J connectivity index is 1.96. The monoisotopic (exact) mass is 323 g/mol. The maximum Gasteiger partial charge on any atom is 0.321 e. The molecular formula is C19H21N3O2. The van der Waals surface area contributed by atoms with Crippen molar-refractivity contribution in [1.82, 2.24) is 4.90 Å². The number of rotatable bonds is 6. The van der Waals surface area contributed by atoms with Crippen LogP contribution in [0.3, 0.4) is 0 Å². The van der Waals surface area contributed by atoms with Gasteiger partial charge in [0.1, 0.15) is 0 Å². The molecular weight excluding hydrogens is 302 g/mol. The van der Waals surface area contributed by atoms with E-state index in [0.29, 0.717) is 12.2 Å². The fraction of sp³-hybridized carbons (Fsp3) is 0.158. The molecule has 0 aromatic heterocycles. The van der Waals surface area contributed by atoms with Crippen LogP contribution in [0.4, 0.5) is 16.2 Å². The Labute approximate surface area is 142 Å². The van der Waals surface area contributed by atoms with E-state index in [1.807, 2.05) is 42.5 Å². The molecule has 0 heterocycles. The lowest BCUT2D eigenvalue weighted by Crippen LogP contribution is -2.31. The smallest absolute Gasteiger partial charge is 0.321 e. The Bertz CT molecular complexity index is 714. The zero-order chi connectivity index (χ0) is 17.4. The molecule has 0 saturated heterocycles. The fourth-order valence-corrected chi connectivity index (χ4v) is 2.17. The van der Waals surface area contributed by atoms with Crippen LogP contribution in [-0.4, -0.2) is 30.4 Å². The number of carbonyl (C=O) groups is 2. The molecule has 0 bridgehead atoms. The third-order valence-electron chi connectivity index (χ3n) is 3.35. The summed E-state index contributed by atoms with van der Waals surface area (Å²) in [4.78, 5) is 25.6. The maximum atomic E-state index is 12.1. The first-order valence-corrected chi connectivity index (χ1v) is 7.65. The molecule has 5 heteroatoms. The van der Waals surface area contributed by atoms with Gasteiger partial charge in [0.25, 0.3) is 0 Å². The molecule has 0 fully saturated rings. The Morgan fingerprint density at radius 2 is 1.75 bits per heavy atom. The summed E-state index contributed by atoms with van der Waals surface area (Å²) in [6.45, 7) is 4.07. The van der Waals surface area contributed by atoms with Crippen molar-refractivity contribution in [2.24, 2.45) is 0 Å². The minimum atomic E-state index is -0.221. The third-order valence-corrected chi connectivity index (χ3v) is 3.35. The van der Waals surface area contributed by atoms with Crippen LogP contribution >= 0.6 is 0 Å². The summed E-state index contributed by atoms with van der Waals surface area (Å²) >= 11 is 0. The zero-order valence-corrected chi connectivity index (χ0v) is 13.7. The summed E-state index contributed by atoms with van der Waals surface area (Å²) in [7, 11) is 1.69. The van der Waals surface area contributed by atoms with Gasteiger partial charge in [0.05, 0.1) is 6.42 Å². The normalized spacial score (nSPS) is 9.88. The summed E-state index contributed by atoms with van der Waals surface area (Å²) in [5.74, 6) is -0.103. The van der Waals surface area contributed by atoms with Crippen LogP contribution < -0.4 is 10.6 Å². The van der Waals surface area contributed by atoms with Crippen molar-refractivity contribution in [1.29, 1.82) is 0 Å². The molecule has 0 aliphatic rings. The third kappa shape index (κ3) is 5.28. The predicted octanol–water partition coefficient (Wildman–Crippen LogP) is 3.52. The van der Waals surface area contributed by atoms with Gasteiger partial charge >= 0.3 is 6.03 Å². The summed E-state index contributed by atoms with van der Waals surface area (Å²) < 4.78 is 0. The average molecular weight is 323 g/mol. The highest BCUT2D eigenvalue weighted by molar-refractivity contribution is 5.93. The molecule has 5 nitrogen and oxygen atoms in total. The molecule has 0 saturated carbocycles. The molecule has 2 rings (SSSR count). The lowest BCUT2D eigenvalue weighted by atomic mass is 10.1. The van der Waals surface area contributed by atoms with Crippen LogP contribution in [0.1, 0.15) is 5.56 Å². The van der Waals surface area contributed by atoms with Gasteiger partial charge in [0.2, 0.25) is 5.91 Å².